The Labute approximate surface area is 400 Å². The first-order valence-corrected chi connectivity index (χ1v) is 24.4. The van der Waals surface area contributed by atoms with Crippen LogP contribution in [0.3, 0.4) is 0 Å². The number of hydrogen-bond donors (Lipinski definition) is 4. The van der Waals surface area contributed by atoms with E-state index in [-0.39, 0.29) is 71.4 Å². The second-order valence-corrected chi connectivity index (χ2v) is 17.5. The maximum absolute atomic E-state index is 13.0. The van der Waals surface area contributed by atoms with Crippen molar-refractivity contribution in [3.05, 3.63) is 12.2 Å². The third kappa shape index (κ3) is 33.9. The van der Waals surface area contributed by atoms with E-state index >= 15 is 0 Å². The summed E-state index contributed by atoms with van der Waals surface area (Å²) in [6.45, 7) is 2.78. The summed E-state index contributed by atoms with van der Waals surface area (Å²) in [4.78, 5) is 13.0. The number of ether oxygens (including phenoxy) is 2. The Hall–Kier alpha value is 0.750. The molecule has 0 unspecified atom stereocenters. The van der Waals surface area contributed by atoms with E-state index in [1.165, 1.54) is 109 Å². The largest absolute Gasteiger partial charge is 1.00 e. The molecule has 7 atom stereocenters. The zero-order chi connectivity index (χ0) is 42.4. The van der Waals surface area contributed by atoms with Crippen molar-refractivity contribution < 1.29 is 123 Å². The minimum Gasteiger partial charge on any atom is -0.726 e. The van der Waals surface area contributed by atoms with Crippen LogP contribution in [-0.2, 0) is 43.4 Å². The molecule has 19 heteroatoms. The summed E-state index contributed by atoms with van der Waals surface area (Å²) in [7, 11) is -10.8. The zero-order valence-electron chi connectivity index (χ0n) is 36.6. The average molecular weight is 904 g/mol. The van der Waals surface area contributed by atoms with Gasteiger partial charge in [-0.15, -0.1) is 0 Å². The average Bonchev–Trinajstić information content (AvgIpc) is 3.15. The maximum atomic E-state index is 13.0. The third-order valence-electron chi connectivity index (χ3n) is 10.3. The SMILES string of the molecule is CCCCCCCCCCCCC/C=C/[C@@H](O)[C@H](CO[C@H]1O[C@H](COS(=O)(=O)[O-])[C@@H](OS(=O)(=O)[O-])[C@H](O)[C@H]1O)NC(=O)CCCCCCCCCCCCCCC.[Na+].[Na+]. The summed E-state index contributed by atoms with van der Waals surface area (Å²) < 4.78 is 86.4. The molecule has 0 radical (unpaired) electrons. The smallest absolute Gasteiger partial charge is 0.726 e. The summed E-state index contributed by atoms with van der Waals surface area (Å²) >= 11 is 0. The fourth-order valence-corrected chi connectivity index (χ4v) is 7.70. The zero-order valence-corrected chi connectivity index (χ0v) is 42.3. The fourth-order valence-electron chi connectivity index (χ4n) is 6.89. The Kier molecular flexibility index (Phi) is 39.9. The number of hydrogen-bond acceptors (Lipinski definition) is 14. The number of unbranched alkanes of at least 4 members (excludes halogenated alkanes) is 23. The van der Waals surface area contributed by atoms with Crippen molar-refractivity contribution >= 4 is 26.7 Å². The van der Waals surface area contributed by atoms with Gasteiger partial charge in [0.15, 0.2) is 6.29 Å². The van der Waals surface area contributed by atoms with Crippen molar-refractivity contribution in [2.75, 3.05) is 13.2 Å². The van der Waals surface area contributed by atoms with E-state index in [1.54, 1.807) is 6.08 Å². The minimum absolute atomic E-state index is 0. The van der Waals surface area contributed by atoms with E-state index in [0.29, 0.717) is 12.8 Å². The van der Waals surface area contributed by atoms with Crippen LogP contribution in [0.1, 0.15) is 181 Å². The molecule has 1 amide bonds. The number of aliphatic hydroxyl groups excluding tert-OH is 3. The van der Waals surface area contributed by atoms with Gasteiger partial charge in [-0.25, -0.2) is 16.8 Å². The molecule has 1 fully saturated rings. The number of aliphatic hydroxyl groups is 3. The fraction of sp³-hybridized carbons (Fsp3) is 0.925. The van der Waals surface area contributed by atoms with Gasteiger partial charge in [0.05, 0.1) is 25.4 Å². The molecular weight excluding hydrogens is 829 g/mol. The third-order valence-corrected chi connectivity index (χ3v) is 11.1. The first kappa shape index (κ1) is 61.8. The Morgan fingerprint density at radius 1 is 0.695 bits per heavy atom. The Bertz CT molecular complexity index is 1270. The number of carbonyl (C=O) groups is 1. The number of nitrogens with one attached hydrogen (secondary N) is 1. The van der Waals surface area contributed by atoms with Gasteiger partial charge in [-0.1, -0.05) is 167 Å². The molecule has 0 saturated carbocycles. The number of allylic oxidation sites excluding steroid dienone is 1. The predicted octanol–water partition coefficient (Wildman–Crippen LogP) is 0.364. The predicted molar refractivity (Wildman–Crippen MR) is 215 cm³/mol. The van der Waals surface area contributed by atoms with Gasteiger partial charge >= 0.3 is 59.1 Å². The topological polar surface area (TPSA) is 241 Å². The van der Waals surface area contributed by atoms with Crippen LogP contribution in [0.4, 0.5) is 0 Å². The van der Waals surface area contributed by atoms with Gasteiger partial charge in [0.25, 0.3) is 0 Å². The molecule has 0 bridgehead atoms. The van der Waals surface area contributed by atoms with E-state index in [9.17, 15) is 46.1 Å². The van der Waals surface area contributed by atoms with Gasteiger partial charge in [0.2, 0.25) is 26.7 Å². The van der Waals surface area contributed by atoms with Gasteiger partial charge < -0.3 is 39.2 Å². The number of amides is 1. The second kappa shape index (κ2) is 38.1. The maximum Gasteiger partial charge on any atom is 1.00 e. The van der Waals surface area contributed by atoms with Crippen molar-refractivity contribution in [2.24, 2.45) is 0 Å². The summed E-state index contributed by atoms with van der Waals surface area (Å²) in [5.41, 5.74) is 0. The Balaban J connectivity index is 0. The molecule has 1 saturated heterocycles. The normalized spacial score (nSPS) is 20.8. The van der Waals surface area contributed by atoms with Crippen LogP contribution in [0.15, 0.2) is 12.2 Å². The molecule has 15 nitrogen and oxygen atoms in total. The Morgan fingerprint density at radius 3 is 1.58 bits per heavy atom. The van der Waals surface area contributed by atoms with Crippen LogP contribution < -0.4 is 64.4 Å². The molecular formula is C40H75NNa2O14S2. The first-order chi connectivity index (χ1) is 27.2. The van der Waals surface area contributed by atoms with E-state index in [1.807, 2.05) is 6.08 Å². The van der Waals surface area contributed by atoms with E-state index in [0.717, 1.165) is 38.5 Å². The summed E-state index contributed by atoms with van der Waals surface area (Å²) in [6.07, 6.45) is 21.3. The number of carbonyl (C=O) groups excluding carboxylic acids is 1. The molecule has 338 valence electrons. The molecule has 0 aliphatic carbocycles. The van der Waals surface area contributed by atoms with Crippen molar-refractivity contribution in [2.45, 2.75) is 224 Å². The van der Waals surface area contributed by atoms with E-state index in [2.05, 4.69) is 27.5 Å². The molecule has 1 heterocycles. The molecule has 0 aromatic heterocycles. The standard InChI is InChI=1S/C40H77NO14S2.2Na/c1-3-5-7-9-11-13-15-17-19-21-23-25-27-29-34(42)33(41-36(43)30-28-26-24-22-20-18-16-14-12-10-8-6-4-2)31-52-40-38(45)37(44)39(55-57(49,50)51)35(54-40)32-53-56(46,47)48;;/h27,29,33-35,37-40,42,44-45H,3-26,28,30-32H2,1-2H3,(H,41,43)(H,46,47,48)(H,49,50,51);;/q;2*+1/p-2/b29-27+;;/t33-,34+,35+,37+,38+,39+,40-;;/m0../s1. The van der Waals surface area contributed by atoms with Crippen LogP contribution in [0.25, 0.3) is 0 Å². The molecule has 4 N–H and O–H groups in total. The molecule has 1 rings (SSSR count). The van der Waals surface area contributed by atoms with Gasteiger partial charge in [-0.2, -0.15) is 0 Å². The van der Waals surface area contributed by atoms with Crippen LogP contribution in [0, 0.1) is 0 Å². The minimum atomic E-state index is -5.49. The molecule has 1 aliphatic rings. The van der Waals surface area contributed by atoms with Crippen molar-refractivity contribution in [3.63, 3.8) is 0 Å². The summed E-state index contributed by atoms with van der Waals surface area (Å²) in [5, 5.41) is 35.1. The Morgan fingerprint density at radius 2 is 1.14 bits per heavy atom. The monoisotopic (exact) mass is 903 g/mol. The van der Waals surface area contributed by atoms with Crippen LogP contribution >= 0.6 is 0 Å². The van der Waals surface area contributed by atoms with E-state index in [4.69, 9.17) is 9.47 Å². The van der Waals surface area contributed by atoms with Gasteiger partial charge in [-0.05, 0) is 19.3 Å². The molecule has 1 aliphatic heterocycles. The first-order valence-electron chi connectivity index (χ1n) is 21.7. The van der Waals surface area contributed by atoms with Crippen molar-refractivity contribution in [3.8, 4) is 0 Å². The van der Waals surface area contributed by atoms with Crippen LogP contribution in [-0.4, -0.2) is 103 Å². The molecule has 59 heavy (non-hydrogen) atoms. The molecule has 0 aromatic rings. The van der Waals surface area contributed by atoms with Gasteiger partial charge in [0, 0.05) is 6.42 Å². The van der Waals surface area contributed by atoms with Crippen molar-refractivity contribution in [1.29, 1.82) is 0 Å². The summed E-state index contributed by atoms with van der Waals surface area (Å²) in [6, 6.07) is -1.05. The molecule has 0 aromatic carbocycles. The van der Waals surface area contributed by atoms with Gasteiger partial charge in [0.1, 0.15) is 24.4 Å². The van der Waals surface area contributed by atoms with Crippen LogP contribution in [0.5, 0.6) is 0 Å². The van der Waals surface area contributed by atoms with E-state index < -0.39 is 76.9 Å². The van der Waals surface area contributed by atoms with Crippen molar-refractivity contribution in [1.82, 2.24) is 5.32 Å². The summed E-state index contributed by atoms with van der Waals surface area (Å²) in [5.74, 6) is -0.337. The van der Waals surface area contributed by atoms with Gasteiger partial charge in [-0.3, -0.25) is 13.2 Å². The number of rotatable bonds is 37. The quantitative estimate of drug-likeness (QED) is 0.0217. The van der Waals surface area contributed by atoms with Crippen LogP contribution in [0.2, 0.25) is 0 Å². The molecule has 0 spiro atoms. The second-order valence-electron chi connectivity index (χ2n) is 15.4.